The molecule has 0 spiro atoms. The zero-order valence-electron chi connectivity index (χ0n) is 20.7. The molecule has 1 aromatic rings. The van der Waals surface area contributed by atoms with E-state index in [9.17, 15) is 26.0 Å². The number of alkyl halides is 1. The van der Waals surface area contributed by atoms with Gasteiger partial charge in [-0.25, -0.2) is 21.2 Å². The van der Waals surface area contributed by atoms with E-state index in [0.717, 1.165) is 17.8 Å². The van der Waals surface area contributed by atoms with Gasteiger partial charge in [0, 0.05) is 44.1 Å². The van der Waals surface area contributed by atoms with Crippen LogP contribution in [0.4, 0.5) is 15.8 Å². The molecule has 35 heavy (non-hydrogen) atoms. The molecule has 1 aromatic carbocycles. The lowest BCUT2D eigenvalue weighted by Gasteiger charge is -2.48. The number of sulfone groups is 2. The van der Waals surface area contributed by atoms with Crippen molar-refractivity contribution in [2.45, 2.75) is 45.2 Å². The first kappa shape index (κ1) is 26.2. The molecule has 5 rings (SSSR count). The molecule has 4 aliphatic rings. The summed E-state index contributed by atoms with van der Waals surface area (Å²) in [7, 11) is -7.07. The van der Waals surface area contributed by atoms with Gasteiger partial charge < -0.3 is 14.7 Å². The van der Waals surface area contributed by atoms with Crippen molar-refractivity contribution in [3.8, 4) is 0 Å². The largest absolute Gasteiger partial charge is 0.369 e. The third kappa shape index (κ3) is 5.45. The van der Waals surface area contributed by atoms with E-state index in [4.69, 9.17) is 0 Å². The van der Waals surface area contributed by atoms with Crippen LogP contribution >= 0.6 is 0 Å². The van der Waals surface area contributed by atoms with E-state index in [1.165, 1.54) is 4.90 Å². The molecule has 0 aliphatic carbocycles. The van der Waals surface area contributed by atoms with Gasteiger partial charge >= 0.3 is 0 Å². The maximum absolute atomic E-state index is 14.8. The number of rotatable bonds is 6. The third-order valence-electron chi connectivity index (χ3n) is 7.62. The van der Waals surface area contributed by atoms with Crippen LogP contribution in [0.5, 0.6) is 0 Å². The highest BCUT2D eigenvalue weighted by Crippen LogP contribution is 2.43. The minimum Gasteiger partial charge on any atom is -0.369 e. The number of piperidine rings is 1. The van der Waals surface area contributed by atoms with Crippen LogP contribution in [0.2, 0.25) is 0 Å². The maximum Gasteiger partial charge on any atom is 0.278 e. The SMILES string of the molecule is CCCS(=O)(=O)C(F)C(=O)N1C[C@@H]2CN(c3ccc(N4CCS(=O)(=O)CC4)cc3)[C@H](C1)C(C)(C)C2. The van der Waals surface area contributed by atoms with Crippen LogP contribution in [0.15, 0.2) is 24.3 Å². The van der Waals surface area contributed by atoms with Crippen LogP contribution in [0.1, 0.15) is 33.6 Å². The predicted molar refractivity (Wildman–Crippen MR) is 136 cm³/mol. The molecular weight excluding hydrogens is 493 g/mol. The number of benzene rings is 1. The molecule has 196 valence electrons. The molecule has 8 nitrogen and oxygen atoms in total. The van der Waals surface area contributed by atoms with Gasteiger partial charge in [-0.1, -0.05) is 20.8 Å². The molecule has 4 aliphatic heterocycles. The van der Waals surface area contributed by atoms with Gasteiger partial charge in [-0.3, -0.25) is 4.79 Å². The molecule has 4 saturated heterocycles. The molecule has 0 saturated carbocycles. The number of fused-ring (bicyclic) bond motifs is 4. The Bertz CT molecular complexity index is 1140. The van der Waals surface area contributed by atoms with Crippen LogP contribution in [-0.4, -0.2) is 89.2 Å². The van der Waals surface area contributed by atoms with Gasteiger partial charge in [0.25, 0.3) is 11.4 Å². The topological polar surface area (TPSA) is 95.1 Å². The van der Waals surface area contributed by atoms with Crippen molar-refractivity contribution < 1.29 is 26.0 Å². The molecular formula is C24H36FN3O5S2. The average Bonchev–Trinajstić information content (AvgIpc) is 3.05. The minimum atomic E-state index is -4.12. The summed E-state index contributed by atoms with van der Waals surface area (Å²) in [5, 5.41) is 0. The Morgan fingerprint density at radius 2 is 1.69 bits per heavy atom. The fourth-order valence-electron chi connectivity index (χ4n) is 5.81. The lowest BCUT2D eigenvalue weighted by Crippen LogP contribution is -2.54. The maximum atomic E-state index is 14.8. The van der Waals surface area contributed by atoms with Gasteiger partial charge in [-0.15, -0.1) is 0 Å². The number of nitrogens with zero attached hydrogens (tertiary/aromatic N) is 3. The molecule has 4 fully saturated rings. The third-order valence-corrected chi connectivity index (χ3v) is 11.0. The fraction of sp³-hybridized carbons (Fsp3) is 0.708. The van der Waals surface area contributed by atoms with Crippen molar-refractivity contribution in [2.75, 3.05) is 59.8 Å². The van der Waals surface area contributed by atoms with Crippen LogP contribution in [0.3, 0.4) is 0 Å². The number of halogens is 1. The molecule has 0 N–H and O–H groups in total. The quantitative estimate of drug-likeness (QED) is 0.557. The summed E-state index contributed by atoms with van der Waals surface area (Å²) < 4.78 is 62.7. The smallest absolute Gasteiger partial charge is 0.278 e. The number of amides is 1. The van der Waals surface area contributed by atoms with Gasteiger partial charge in [0.15, 0.2) is 19.7 Å². The van der Waals surface area contributed by atoms with E-state index in [2.05, 4.69) is 23.6 Å². The molecule has 2 bridgehead atoms. The summed E-state index contributed by atoms with van der Waals surface area (Å²) in [6.45, 7) is 8.23. The Kier molecular flexibility index (Phi) is 7.13. The number of anilines is 2. The second kappa shape index (κ2) is 9.53. The minimum absolute atomic E-state index is 0.0859. The fourth-order valence-corrected chi connectivity index (χ4v) is 8.24. The zero-order valence-corrected chi connectivity index (χ0v) is 22.3. The Hall–Kier alpha value is -1.88. The Labute approximate surface area is 208 Å². The highest BCUT2D eigenvalue weighted by atomic mass is 32.2. The summed E-state index contributed by atoms with van der Waals surface area (Å²) in [5.74, 6) is -0.865. The number of hydrogen-bond donors (Lipinski definition) is 0. The van der Waals surface area contributed by atoms with Gasteiger partial charge in [-0.2, -0.15) is 0 Å². The van der Waals surface area contributed by atoms with E-state index in [1.54, 1.807) is 6.92 Å². The molecule has 1 amide bonds. The van der Waals surface area contributed by atoms with Gasteiger partial charge in [0.2, 0.25) is 0 Å². The molecule has 0 aromatic heterocycles. The van der Waals surface area contributed by atoms with Crippen molar-refractivity contribution >= 4 is 37.0 Å². The molecule has 1 unspecified atom stereocenters. The molecule has 11 heteroatoms. The van der Waals surface area contributed by atoms with Gasteiger partial charge in [0.05, 0.1) is 23.3 Å². The second-order valence-electron chi connectivity index (χ2n) is 10.8. The normalized spacial score (nSPS) is 26.9. The van der Waals surface area contributed by atoms with Crippen LogP contribution in [-0.2, 0) is 24.5 Å². The van der Waals surface area contributed by atoms with E-state index < -0.39 is 31.1 Å². The summed E-state index contributed by atoms with van der Waals surface area (Å²) in [6.07, 6.45) is 1.14. The molecule has 3 atom stereocenters. The van der Waals surface area contributed by atoms with E-state index >= 15 is 0 Å². The first-order chi connectivity index (χ1) is 16.3. The standard InChI is InChI=1S/C24H36FN3O5S2/c1-4-11-35(32,33)22(25)23(29)27-15-18-14-24(2,3)21(17-27)28(16-18)20-7-5-19(6-8-20)26-9-12-34(30,31)13-10-26/h5-8,18,21-22H,4,9-17H2,1-3H3/t18-,21-,22?/m1/s1. The van der Waals surface area contributed by atoms with Crippen LogP contribution in [0, 0.1) is 11.3 Å². The van der Waals surface area contributed by atoms with Crippen molar-refractivity contribution in [1.29, 1.82) is 0 Å². The Balaban J connectivity index is 1.53. The van der Waals surface area contributed by atoms with Gasteiger partial charge in [0.1, 0.15) is 0 Å². The summed E-state index contributed by atoms with van der Waals surface area (Å²) in [5.41, 5.74) is -0.692. The first-order valence-electron chi connectivity index (χ1n) is 12.3. The van der Waals surface area contributed by atoms with E-state index in [0.29, 0.717) is 26.2 Å². The number of carbonyl (C=O) groups is 1. The first-order valence-corrected chi connectivity index (χ1v) is 15.8. The summed E-state index contributed by atoms with van der Waals surface area (Å²) in [4.78, 5) is 18.7. The van der Waals surface area contributed by atoms with Crippen molar-refractivity contribution in [3.63, 3.8) is 0 Å². The highest BCUT2D eigenvalue weighted by molar-refractivity contribution is 7.92. The molecule has 4 heterocycles. The predicted octanol–water partition coefficient (Wildman–Crippen LogP) is 2.11. The molecule has 0 radical (unpaired) electrons. The van der Waals surface area contributed by atoms with Crippen molar-refractivity contribution in [3.05, 3.63) is 24.3 Å². The van der Waals surface area contributed by atoms with Crippen LogP contribution < -0.4 is 9.80 Å². The van der Waals surface area contributed by atoms with E-state index in [1.807, 2.05) is 24.3 Å². The van der Waals surface area contributed by atoms with Gasteiger partial charge in [-0.05, 0) is 48.4 Å². The highest BCUT2D eigenvalue weighted by Gasteiger charge is 2.48. The number of hydrogen-bond acceptors (Lipinski definition) is 7. The summed E-state index contributed by atoms with van der Waals surface area (Å²) in [6, 6.07) is 7.95. The van der Waals surface area contributed by atoms with Crippen molar-refractivity contribution in [1.82, 2.24) is 4.90 Å². The Morgan fingerprint density at radius 3 is 2.29 bits per heavy atom. The van der Waals surface area contributed by atoms with Crippen molar-refractivity contribution in [2.24, 2.45) is 11.3 Å². The zero-order chi connectivity index (χ0) is 25.6. The Morgan fingerprint density at radius 1 is 1.09 bits per heavy atom. The summed E-state index contributed by atoms with van der Waals surface area (Å²) >= 11 is 0. The lowest BCUT2D eigenvalue weighted by atomic mass is 9.73. The monoisotopic (exact) mass is 529 g/mol. The lowest BCUT2D eigenvalue weighted by molar-refractivity contribution is -0.133. The number of carbonyl (C=O) groups excluding carboxylic acids is 1. The average molecular weight is 530 g/mol. The second-order valence-corrected chi connectivity index (χ2v) is 15.3. The van der Waals surface area contributed by atoms with E-state index in [-0.39, 0.29) is 47.6 Å². The van der Waals surface area contributed by atoms with Crippen LogP contribution in [0.25, 0.3) is 0 Å².